The molecule has 1 aromatic heterocycles. The molecule has 1 aromatic rings. The Morgan fingerprint density at radius 2 is 2.36 bits per heavy atom. The number of aromatic nitrogens is 1. The van der Waals surface area contributed by atoms with Crippen molar-refractivity contribution in [2.24, 2.45) is 0 Å². The molecule has 0 spiro atoms. The lowest BCUT2D eigenvalue weighted by atomic mass is 10.3. The molecule has 0 aliphatic carbocycles. The molecular weight excluding hydrogens is 178 g/mol. The van der Waals surface area contributed by atoms with Gasteiger partial charge >= 0.3 is 0 Å². The van der Waals surface area contributed by atoms with E-state index >= 15 is 0 Å². The fourth-order valence-electron chi connectivity index (χ4n) is 0.822. The second-order valence-corrected chi connectivity index (χ2v) is 2.92. The van der Waals surface area contributed by atoms with Crippen molar-refractivity contribution < 1.29 is 4.74 Å². The molecule has 0 aliphatic heterocycles. The van der Waals surface area contributed by atoms with Gasteiger partial charge in [-0.15, -0.1) is 0 Å². The molecular formula is C10H19N3O. The summed E-state index contributed by atoms with van der Waals surface area (Å²) in [5.41, 5.74) is 5.49. The summed E-state index contributed by atoms with van der Waals surface area (Å²) >= 11 is 0. The zero-order valence-electron chi connectivity index (χ0n) is 7.95. The molecule has 0 aliphatic rings. The Kier molecular flexibility index (Phi) is 5.64. The number of likely N-dealkylation sites (N-methyl/N-ethyl adjacent to an activating group) is 1. The number of rotatable bonds is 4. The smallest absolute Gasteiger partial charge is 0.126 e. The predicted octanol–water partition coefficient (Wildman–Crippen LogP) is 1.29. The van der Waals surface area contributed by atoms with Crippen LogP contribution in [-0.2, 0) is 0 Å². The van der Waals surface area contributed by atoms with Gasteiger partial charge < -0.3 is 15.8 Å². The van der Waals surface area contributed by atoms with Crippen LogP contribution in [0.15, 0.2) is 18.3 Å². The highest BCUT2D eigenvalue weighted by atomic mass is 16.5. The van der Waals surface area contributed by atoms with Gasteiger partial charge in [-0.1, -0.05) is 7.43 Å². The van der Waals surface area contributed by atoms with E-state index in [-0.39, 0.29) is 7.43 Å². The summed E-state index contributed by atoms with van der Waals surface area (Å²) in [6.07, 6.45) is 1.63. The van der Waals surface area contributed by atoms with Crippen LogP contribution in [0, 0.1) is 0 Å². The molecule has 4 nitrogen and oxygen atoms in total. The van der Waals surface area contributed by atoms with Gasteiger partial charge in [-0.25, -0.2) is 4.98 Å². The van der Waals surface area contributed by atoms with E-state index in [1.807, 2.05) is 14.0 Å². The lowest BCUT2D eigenvalue weighted by Crippen LogP contribution is -2.28. The summed E-state index contributed by atoms with van der Waals surface area (Å²) in [7, 11) is 1.90. The highest BCUT2D eigenvalue weighted by Gasteiger charge is 1.99. The third kappa shape index (κ3) is 4.09. The number of pyridine rings is 1. The summed E-state index contributed by atoms with van der Waals surface area (Å²) in [5, 5.41) is 3.08. The van der Waals surface area contributed by atoms with E-state index < -0.39 is 0 Å². The number of nitrogens with two attached hydrogens (primary N) is 1. The van der Waals surface area contributed by atoms with Crippen molar-refractivity contribution in [2.45, 2.75) is 20.4 Å². The fraction of sp³-hybridized carbons (Fsp3) is 0.500. The zero-order valence-corrected chi connectivity index (χ0v) is 7.95. The van der Waals surface area contributed by atoms with Gasteiger partial charge in [0.2, 0.25) is 0 Å². The van der Waals surface area contributed by atoms with Crippen LogP contribution in [0.2, 0.25) is 0 Å². The van der Waals surface area contributed by atoms with Crippen LogP contribution < -0.4 is 15.8 Å². The topological polar surface area (TPSA) is 60.2 Å². The molecule has 1 atom stereocenters. The van der Waals surface area contributed by atoms with Crippen LogP contribution in [0.1, 0.15) is 14.4 Å². The first kappa shape index (κ1) is 12.7. The molecule has 0 saturated carbocycles. The van der Waals surface area contributed by atoms with Gasteiger partial charge in [-0.05, 0) is 20.0 Å². The number of anilines is 1. The Morgan fingerprint density at radius 3 is 2.93 bits per heavy atom. The molecule has 0 radical (unpaired) electrons. The van der Waals surface area contributed by atoms with Gasteiger partial charge in [-0.3, -0.25) is 0 Å². The standard InChI is InChI=1S/C9H15N3O.CH4/c1-7(11-2)6-13-8-3-4-12-9(10)5-8;/h3-5,7,11H,6H2,1-2H3,(H2,10,12);1H4. The minimum absolute atomic E-state index is 0. The SMILES string of the molecule is C.CNC(C)COc1ccnc(N)c1. The van der Waals surface area contributed by atoms with E-state index in [4.69, 9.17) is 10.5 Å². The number of ether oxygens (including phenoxy) is 1. The molecule has 4 heteroatoms. The van der Waals surface area contributed by atoms with E-state index in [1.54, 1.807) is 18.3 Å². The third-order valence-corrected chi connectivity index (χ3v) is 1.75. The van der Waals surface area contributed by atoms with Gasteiger partial charge in [-0.2, -0.15) is 0 Å². The van der Waals surface area contributed by atoms with Gasteiger partial charge in [0.1, 0.15) is 18.2 Å². The molecule has 1 rings (SSSR count). The van der Waals surface area contributed by atoms with Gasteiger partial charge in [0.25, 0.3) is 0 Å². The molecule has 14 heavy (non-hydrogen) atoms. The quantitative estimate of drug-likeness (QED) is 0.763. The van der Waals surface area contributed by atoms with E-state index in [0.29, 0.717) is 18.5 Å². The van der Waals surface area contributed by atoms with Gasteiger partial charge in [0.05, 0.1) is 0 Å². The summed E-state index contributed by atoms with van der Waals surface area (Å²) < 4.78 is 5.46. The van der Waals surface area contributed by atoms with E-state index in [1.165, 1.54) is 0 Å². The first-order valence-electron chi connectivity index (χ1n) is 4.24. The maximum Gasteiger partial charge on any atom is 0.126 e. The largest absolute Gasteiger partial charge is 0.492 e. The Morgan fingerprint density at radius 1 is 1.64 bits per heavy atom. The molecule has 0 amide bonds. The van der Waals surface area contributed by atoms with Crippen LogP contribution in [0.25, 0.3) is 0 Å². The average Bonchev–Trinajstić information content (AvgIpc) is 2.14. The van der Waals surface area contributed by atoms with Crippen molar-refractivity contribution in [3.8, 4) is 5.75 Å². The van der Waals surface area contributed by atoms with Gasteiger partial charge in [0.15, 0.2) is 0 Å². The van der Waals surface area contributed by atoms with Crippen LogP contribution in [0.3, 0.4) is 0 Å². The maximum atomic E-state index is 5.49. The lowest BCUT2D eigenvalue weighted by Gasteiger charge is -2.11. The summed E-state index contributed by atoms with van der Waals surface area (Å²) in [6, 6.07) is 3.83. The molecule has 1 unspecified atom stereocenters. The summed E-state index contributed by atoms with van der Waals surface area (Å²) in [5.74, 6) is 1.24. The van der Waals surface area contributed by atoms with Crippen LogP contribution >= 0.6 is 0 Å². The second-order valence-electron chi connectivity index (χ2n) is 2.92. The third-order valence-electron chi connectivity index (χ3n) is 1.75. The minimum Gasteiger partial charge on any atom is -0.492 e. The number of nitrogens with zero attached hydrogens (tertiary/aromatic N) is 1. The zero-order chi connectivity index (χ0) is 9.68. The molecule has 0 bridgehead atoms. The summed E-state index contributed by atoms with van der Waals surface area (Å²) in [6.45, 7) is 2.67. The second kappa shape index (κ2) is 6.21. The normalized spacial score (nSPS) is 11.6. The molecule has 80 valence electrons. The van der Waals surface area contributed by atoms with Crippen molar-refractivity contribution >= 4 is 5.82 Å². The number of nitrogen functional groups attached to an aromatic ring is 1. The molecule has 3 N–H and O–H groups in total. The van der Waals surface area contributed by atoms with Crippen molar-refractivity contribution in [3.05, 3.63) is 18.3 Å². The number of hydrogen-bond acceptors (Lipinski definition) is 4. The predicted molar refractivity (Wildman–Crippen MR) is 59.4 cm³/mol. The van der Waals surface area contributed by atoms with Crippen molar-refractivity contribution in [2.75, 3.05) is 19.4 Å². The fourth-order valence-corrected chi connectivity index (χ4v) is 0.822. The maximum absolute atomic E-state index is 5.49. The van der Waals surface area contributed by atoms with Crippen molar-refractivity contribution in [1.82, 2.24) is 10.3 Å². The molecule has 0 aromatic carbocycles. The Bertz CT molecular complexity index is 265. The Labute approximate surface area is 85.5 Å². The monoisotopic (exact) mass is 197 g/mol. The van der Waals surface area contributed by atoms with Crippen molar-refractivity contribution in [1.29, 1.82) is 0 Å². The Hall–Kier alpha value is -1.29. The average molecular weight is 197 g/mol. The van der Waals surface area contributed by atoms with Crippen LogP contribution in [0.5, 0.6) is 5.75 Å². The van der Waals surface area contributed by atoms with Crippen LogP contribution in [0.4, 0.5) is 5.82 Å². The minimum atomic E-state index is 0. The Balaban J connectivity index is 0.00000169. The van der Waals surface area contributed by atoms with Crippen molar-refractivity contribution in [3.63, 3.8) is 0 Å². The lowest BCUT2D eigenvalue weighted by molar-refractivity contribution is 0.280. The van der Waals surface area contributed by atoms with E-state index in [0.717, 1.165) is 5.75 Å². The molecule has 1 heterocycles. The first-order valence-corrected chi connectivity index (χ1v) is 4.24. The van der Waals surface area contributed by atoms with Crippen LogP contribution in [-0.4, -0.2) is 24.7 Å². The molecule has 0 saturated heterocycles. The highest BCUT2D eigenvalue weighted by Crippen LogP contribution is 2.11. The van der Waals surface area contributed by atoms with Gasteiger partial charge in [0, 0.05) is 18.3 Å². The first-order chi connectivity index (χ1) is 6.22. The van der Waals surface area contributed by atoms with E-state index in [2.05, 4.69) is 10.3 Å². The highest BCUT2D eigenvalue weighted by molar-refractivity contribution is 5.35. The van der Waals surface area contributed by atoms with E-state index in [9.17, 15) is 0 Å². The summed E-state index contributed by atoms with van der Waals surface area (Å²) in [4.78, 5) is 3.87. The number of hydrogen-bond donors (Lipinski definition) is 2. The number of nitrogens with one attached hydrogen (secondary N) is 1. The molecule has 0 fully saturated rings.